The first-order valence-corrected chi connectivity index (χ1v) is 14.4. The van der Waals surface area contributed by atoms with Crippen LogP contribution in [0.1, 0.15) is 45.1 Å². The standard InChI is InChI=1S/C22H31NO7S2/c1-21(2)17-9-11-22(21,19(24)13-17)15-32(28,29)23-18(10-12-31(3,26)27)20(25)30-14-16-7-5-4-6-8-16/h4-8,17-18,23H,9-15H2,1-3H3. The van der Waals surface area contributed by atoms with Crippen molar-refractivity contribution in [3.05, 3.63) is 35.9 Å². The highest BCUT2D eigenvalue weighted by molar-refractivity contribution is 7.90. The van der Waals surface area contributed by atoms with E-state index in [2.05, 4.69) is 4.72 Å². The Kier molecular flexibility index (Phi) is 6.89. The summed E-state index contributed by atoms with van der Waals surface area (Å²) in [6, 6.07) is 7.53. The Bertz CT molecular complexity index is 1080. The molecule has 2 saturated carbocycles. The van der Waals surface area contributed by atoms with E-state index in [0.29, 0.717) is 12.8 Å². The van der Waals surface area contributed by atoms with Gasteiger partial charge in [-0.2, -0.15) is 0 Å². The molecule has 178 valence electrons. The van der Waals surface area contributed by atoms with Crippen LogP contribution in [-0.2, 0) is 40.8 Å². The summed E-state index contributed by atoms with van der Waals surface area (Å²) in [5, 5.41) is 0. The summed E-state index contributed by atoms with van der Waals surface area (Å²) < 4.78 is 57.1. The molecule has 0 amide bonds. The summed E-state index contributed by atoms with van der Waals surface area (Å²) in [5.74, 6) is -1.53. The molecule has 0 saturated heterocycles. The van der Waals surface area contributed by atoms with Crippen LogP contribution < -0.4 is 4.72 Å². The number of hydrogen-bond donors (Lipinski definition) is 1. The Morgan fingerprint density at radius 1 is 1.19 bits per heavy atom. The van der Waals surface area contributed by atoms with Gasteiger partial charge >= 0.3 is 5.97 Å². The summed E-state index contributed by atoms with van der Waals surface area (Å²) in [6.07, 6.45) is 2.44. The van der Waals surface area contributed by atoms with Crippen LogP contribution in [0, 0.1) is 16.7 Å². The number of hydrogen-bond acceptors (Lipinski definition) is 7. The van der Waals surface area contributed by atoms with Crippen molar-refractivity contribution in [2.24, 2.45) is 16.7 Å². The molecule has 1 N–H and O–H groups in total. The number of sulfonamides is 1. The molecule has 0 heterocycles. The molecule has 10 heteroatoms. The second-order valence-corrected chi connectivity index (χ2v) is 13.6. The van der Waals surface area contributed by atoms with E-state index in [1.807, 2.05) is 19.9 Å². The van der Waals surface area contributed by atoms with Gasteiger partial charge in [0.15, 0.2) is 0 Å². The van der Waals surface area contributed by atoms with E-state index in [1.54, 1.807) is 24.3 Å². The zero-order chi connectivity index (χ0) is 23.8. The molecule has 0 radical (unpaired) electrons. The van der Waals surface area contributed by atoms with Crippen LogP contribution >= 0.6 is 0 Å². The van der Waals surface area contributed by atoms with E-state index >= 15 is 0 Å². The molecule has 32 heavy (non-hydrogen) atoms. The molecule has 0 spiro atoms. The zero-order valence-electron chi connectivity index (χ0n) is 18.7. The van der Waals surface area contributed by atoms with Gasteiger partial charge in [0.2, 0.25) is 10.0 Å². The lowest BCUT2D eigenvalue weighted by atomic mass is 9.70. The number of benzene rings is 1. The Morgan fingerprint density at radius 2 is 1.84 bits per heavy atom. The molecule has 0 aromatic heterocycles. The summed E-state index contributed by atoms with van der Waals surface area (Å²) in [4.78, 5) is 25.4. The predicted molar refractivity (Wildman–Crippen MR) is 120 cm³/mol. The lowest BCUT2D eigenvalue weighted by molar-refractivity contribution is -0.147. The monoisotopic (exact) mass is 485 g/mol. The number of Topliss-reactive ketones (excluding diaryl/α,β-unsaturated/α-hetero) is 1. The summed E-state index contributed by atoms with van der Waals surface area (Å²) in [7, 11) is -7.51. The lowest BCUT2D eigenvalue weighted by Gasteiger charge is -2.36. The van der Waals surface area contributed by atoms with Gasteiger partial charge in [-0.15, -0.1) is 0 Å². The molecule has 1 aromatic rings. The number of nitrogens with one attached hydrogen (secondary N) is 1. The van der Waals surface area contributed by atoms with Gasteiger partial charge in [-0.3, -0.25) is 9.59 Å². The Balaban J connectivity index is 1.75. The minimum absolute atomic E-state index is 0.0523. The average Bonchev–Trinajstić information content (AvgIpc) is 3.03. The van der Waals surface area contributed by atoms with Gasteiger partial charge < -0.3 is 4.74 Å². The molecule has 2 bridgehead atoms. The van der Waals surface area contributed by atoms with E-state index < -0.39 is 48.5 Å². The molecule has 2 aliphatic rings. The summed E-state index contributed by atoms with van der Waals surface area (Å²) in [5.41, 5.74) is -0.715. The highest BCUT2D eigenvalue weighted by Gasteiger charge is 2.65. The second kappa shape index (κ2) is 8.87. The van der Waals surface area contributed by atoms with Gasteiger partial charge in [-0.05, 0) is 36.2 Å². The fraction of sp³-hybridized carbons (Fsp3) is 0.636. The van der Waals surface area contributed by atoms with E-state index in [4.69, 9.17) is 4.74 Å². The average molecular weight is 486 g/mol. The summed E-state index contributed by atoms with van der Waals surface area (Å²) >= 11 is 0. The number of sulfone groups is 1. The van der Waals surface area contributed by atoms with Crippen LogP contribution in [0.2, 0.25) is 0 Å². The lowest BCUT2D eigenvalue weighted by Crippen LogP contribution is -2.49. The van der Waals surface area contributed by atoms with E-state index in [-0.39, 0.29) is 30.5 Å². The van der Waals surface area contributed by atoms with Crippen LogP contribution in [0.5, 0.6) is 0 Å². The Hall–Kier alpha value is -1.78. The largest absolute Gasteiger partial charge is 0.460 e. The van der Waals surface area contributed by atoms with Crippen molar-refractivity contribution < 1.29 is 31.2 Å². The Morgan fingerprint density at radius 3 is 2.38 bits per heavy atom. The molecule has 1 aromatic carbocycles. The van der Waals surface area contributed by atoms with Crippen LogP contribution in [0.3, 0.4) is 0 Å². The number of rotatable bonds is 10. The number of carbonyl (C=O) groups is 2. The minimum Gasteiger partial charge on any atom is -0.460 e. The SMILES string of the molecule is CC1(C)C2CCC1(CS(=O)(=O)NC(CCS(C)(=O)=O)C(=O)OCc1ccccc1)C(=O)C2. The van der Waals surface area contributed by atoms with Crippen LogP contribution in [0.15, 0.2) is 30.3 Å². The van der Waals surface area contributed by atoms with Crippen molar-refractivity contribution in [2.45, 2.75) is 52.2 Å². The molecule has 3 atom stereocenters. The van der Waals surface area contributed by atoms with Gasteiger partial charge in [0.1, 0.15) is 28.3 Å². The quantitative estimate of drug-likeness (QED) is 0.502. The third-order valence-corrected chi connectivity index (χ3v) is 9.68. The van der Waals surface area contributed by atoms with Crippen molar-refractivity contribution in [3.8, 4) is 0 Å². The molecule has 3 rings (SSSR count). The molecular formula is C22H31NO7S2. The van der Waals surface area contributed by atoms with Gasteiger partial charge in [0, 0.05) is 18.1 Å². The molecule has 0 aliphatic heterocycles. The number of ether oxygens (including phenoxy) is 1. The van der Waals surface area contributed by atoms with E-state index in [9.17, 15) is 26.4 Å². The second-order valence-electron chi connectivity index (χ2n) is 9.61. The maximum atomic E-state index is 13.1. The third kappa shape index (κ3) is 5.23. The fourth-order valence-corrected chi connectivity index (χ4v) is 7.80. The highest BCUT2D eigenvalue weighted by atomic mass is 32.2. The maximum absolute atomic E-state index is 13.1. The van der Waals surface area contributed by atoms with Crippen molar-refractivity contribution in [1.82, 2.24) is 4.72 Å². The third-order valence-electron chi connectivity index (χ3n) is 7.18. The first kappa shape index (κ1) is 24.9. The van der Waals surface area contributed by atoms with Gasteiger partial charge in [-0.1, -0.05) is 44.2 Å². The zero-order valence-corrected chi connectivity index (χ0v) is 20.3. The highest BCUT2D eigenvalue weighted by Crippen LogP contribution is 2.64. The van der Waals surface area contributed by atoms with Gasteiger partial charge in [0.05, 0.1) is 11.5 Å². The normalized spacial score (nSPS) is 25.6. The number of fused-ring (bicyclic) bond motifs is 2. The van der Waals surface area contributed by atoms with E-state index in [1.165, 1.54) is 0 Å². The van der Waals surface area contributed by atoms with Crippen LogP contribution in [-0.4, -0.2) is 52.4 Å². The smallest absolute Gasteiger partial charge is 0.324 e. The predicted octanol–water partition coefficient (Wildman–Crippen LogP) is 1.85. The first-order chi connectivity index (χ1) is 14.8. The van der Waals surface area contributed by atoms with E-state index in [0.717, 1.165) is 18.2 Å². The fourth-order valence-electron chi connectivity index (χ4n) is 5.08. The molecule has 2 aliphatic carbocycles. The van der Waals surface area contributed by atoms with Crippen LogP contribution in [0.25, 0.3) is 0 Å². The van der Waals surface area contributed by atoms with Gasteiger partial charge in [0.25, 0.3) is 0 Å². The molecule has 2 fully saturated rings. The molecule has 8 nitrogen and oxygen atoms in total. The molecule has 3 unspecified atom stereocenters. The van der Waals surface area contributed by atoms with Crippen molar-refractivity contribution >= 4 is 31.6 Å². The number of ketones is 1. The maximum Gasteiger partial charge on any atom is 0.324 e. The topological polar surface area (TPSA) is 124 Å². The first-order valence-electron chi connectivity index (χ1n) is 10.7. The summed E-state index contributed by atoms with van der Waals surface area (Å²) in [6.45, 7) is 3.80. The number of carbonyl (C=O) groups excluding carboxylic acids is 2. The van der Waals surface area contributed by atoms with Gasteiger partial charge in [-0.25, -0.2) is 21.6 Å². The number of esters is 1. The molecular weight excluding hydrogens is 454 g/mol. The van der Waals surface area contributed by atoms with Crippen molar-refractivity contribution in [3.63, 3.8) is 0 Å². The Labute approximate surface area is 190 Å². The minimum atomic E-state index is -4.07. The van der Waals surface area contributed by atoms with Crippen molar-refractivity contribution in [2.75, 3.05) is 17.8 Å². The van der Waals surface area contributed by atoms with Crippen molar-refractivity contribution in [1.29, 1.82) is 0 Å². The van der Waals surface area contributed by atoms with Crippen LogP contribution in [0.4, 0.5) is 0 Å².